The van der Waals surface area contributed by atoms with Crippen molar-refractivity contribution in [3.63, 3.8) is 0 Å². The first kappa shape index (κ1) is 12.7. The van der Waals surface area contributed by atoms with Crippen LogP contribution >= 0.6 is 0 Å². The minimum Gasteiger partial charge on any atom is -0.464 e. The first-order chi connectivity index (χ1) is 9.76. The molecule has 1 aliphatic rings. The van der Waals surface area contributed by atoms with Crippen LogP contribution in [0.2, 0.25) is 0 Å². The summed E-state index contributed by atoms with van der Waals surface area (Å²) in [7, 11) is 0. The summed E-state index contributed by atoms with van der Waals surface area (Å²) < 4.78 is 5.25. The second-order valence-electron chi connectivity index (χ2n) is 4.71. The van der Waals surface area contributed by atoms with Crippen LogP contribution in [-0.2, 0) is 6.42 Å². The fourth-order valence-electron chi connectivity index (χ4n) is 2.40. The van der Waals surface area contributed by atoms with E-state index in [2.05, 4.69) is 44.5 Å². The first-order valence-corrected chi connectivity index (χ1v) is 6.72. The molecule has 2 aromatic rings. The van der Waals surface area contributed by atoms with Crippen LogP contribution in [0.15, 0.2) is 24.3 Å². The van der Waals surface area contributed by atoms with Crippen LogP contribution in [0.25, 0.3) is 0 Å². The molecule has 0 aliphatic heterocycles. The fraction of sp³-hybridized carbons (Fsp3) is 0.357. The van der Waals surface area contributed by atoms with Crippen molar-refractivity contribution < 1.29 is 4.74 Å². The molecule has 0 bridgehead atoms. The van der Waals surface area contributed by atoms with Crippen molar-refractivity contribution in [2.45, 2.75) is 19.3 Å². The van der Waals surface area contributed by atoms with E-state index in [9.17, 15) is 0 Å². The van der Waals surface area contributed by atoms with Gasteiger partial charge in [0.1, 0.15) is 0 Å². The molecule has 0 radical (unpaired) electrons. The molecule has 1 unspecified atom stereocenters. The minimum absolute atomic E-state index is 0.167. The molecule has 0 fully saturated rings. The minimum atomic E-state index is 0.167. The molecule has 0 saturated carbocycles. The molecular weight excluding hydrogens is 254 g/mol. The average Bonchev–Trinajstić information content (AvgIpc) is 2.39. The predicted molar refractivity (Wildman–Crippen MR) is 76.8 cm³/mol. The van der Waals surface area contributed by atoms with Gasteiger partial charge in [-0.15, -0.1) is 0 Å². The molecule has 1 aliphatic carbocycles. The summed E-state index contributed by atoms with van der Waals surface area (Å²) in [5.41, 5.74) is 8.45. The standard InChI is InChI=1S/C14H17N5O/c1-2-20-14-18-12(15)17-13(19-14)16-8-10-7-9-5-3-4-6-11(9)10/h3-6,10H,2,7-8H2,1H3,(H3,15,16,17,18,19). The largest absolute Gasteiger partial charge is 0.464 e. The SMILES string of the molecule is CCOc1nc(N)nc(NCC2Cc3ccccc32)n1. The predicted octanol–water partition coefficient (Wildman–Crippen LogP) is 1.60. The Hall–Kier alpha value is -2.37. The third-order valence-corrected chi connectivity index (χ3v) is 3.37. The van der Waals surface area contributed by atoms with Gasteiger partial charge >= 0.3 is 6.01 Å². The molecular formula is C14H17N5O. The van der Waals surface area contributed by atoms with Crippen LogP contribution in [0.4, 0.5) is 11.9 Å². The highest BCUT2D eigenvalue weighted by molar-refractivity contribution is 5.42. The van der Waals surface area contributed by atoms with Crippen LogP contribution in [0.3, 0.4) is 0 Å². The molecule has 6 nitrogen and oxygen atoms in total. The third-order valence-electron chi connectivity index (χ3n) is 3.37. The van der Waals surface area contributed by atoms with Gasteiger partial charge in [-0.25, -0.2) is 0 Å². The molecule has 1 heterocycles. The van der Waals surface area contributed by atoms with Gasteiger partial charge in [0.05, 0.1) is 6.61 Å². The van der Waals surface area contributed by atoms with E-state index in [1.165, 1.54) is 11.1 Å². The number of aromatic nitrogens is 3. The highest BCUT2D eigenvalue weighted by Gasteiger charge is 2.25. The van der Waals surface area contributed by atoms with E-state index in [1.54, 1.807) is 0 Å². The molecule has 3 rings (SSSR count). The Bertz CT molecular complexity index is 616. The molecule has 3 N–H and O–H groups in total. The van der Waals surface area contributed by atoms with Gasteiger partial charge in [0.2, 0.25) is 11.9 Å². The number of anilines is 2. The Balaban J connectivity index is 1.65. The van der Waals surface area contributed by atoms with Crippen molar-refractivity contribution in [3.8, 4) is 6.01 Å². The van der Waals surface area contributed by atoms with Crippen molar-refractivity contribution in [1.82, 2.24) is 15.0 Å². The summed E-state index contributed by atoms with van der Waals surface area (Å²) in [5.74, 6) is 1.13. The number of hydrogen-bond donors (Lipinski definition) is 2. The van der Waals surface area contributed by atoms with Crippen molar-refractivity contribution >= 4 is 11.9 Å². The number of hydrogen-bond acceptors (Lipinski definition) is 6. The van der Waals surface area contributed by atoms with Gasteiger partial charge in [0, 0.05) is 12.5 Å². The lowest BCUT2D eigenvalue weighted by molar-refractivity contribution is 0.312. The zero-order valence-corrected chi connectivity index (χ0v) is 11.3. The lowest BCUT2D eigenvalue weighted by Gasteiger charge is -2.30. The molecule has 0 spiro atoms. The Morgan fingerprint density at radius 3 is 2.95 bits per heavy atom. The zero-order chi connectivity index (χ0) is 13.9. The van der Waals surface area contributed by atoms with Crippen LogP contribution in [0.1, 0.15) is 24.0 Å². The highest BCUT2D eigenvalue weighted by atomic mass is 16.5. The van der Waals surface area contributed by atoms with E-state index >= 15 is 0 Å². The van der Waals surface area contributed by atoms with E-state index in [-0.39, 0.29) is 12.0 Å². The molecule has 0 amide bonds. The normalized spacial score (nSPS) is 16.1. The van der Waals surface area contributed by atoms with E-state index in [0.29, 0.717) is 18.5 Å². The van der Waals surface area contributed by atoms with Crippen LogP contribution in [-0.4, -0.2) is 28.1 Å². The number of nitrogens with zero attached hydrogens (tertiary/aromatic N) is 3. The number of rotatable bonds is 5. The summed E-state index contributed by atoms with van der Waals surface area (Å²) in [6.45, 7) is 3.16. The summed E-state index contributed by atoms with van der Waals surface area (Å²) in [6.07, 6.45) is 1.09. The lowest BCUT2D eigenvalue weighted by atomic mass is 9.78. The van der Waals surface area contributed by atoms with E-state index < -0.39 is 0 Å². The molecule has 6 heteroatoms. The topological polar surface area (TPSA) is 86.0 Å². The summed E-state index contributed by atoms with van der Waals surface area (Å²) in [4.78, 5) is 12.2. The fourth-order valence-corrected chi connectivity index (χ4v) is 2.40. The summed E-state index contributed by atoms with van der Waals surface area (Å²) in [5, 5.41) is 3.20. The van der Waals surface area contributed by atoms with Crippen LogP contribution in [0, 0.1) is 0 Å². The average molecular weight is 271 g/mol. The van der Waals surface area contributed by atoms with Gasteiger partial charge in [-0.2, -0.15) is 15.0 Å². The molecule has 1 aromatic heterocycles. The van der Waals surface area contributed by atoms with Crippen LogP contribution < -0.4 is 15.8 Å². The van der Waals surface area contributed by atoms with Gasteiger partial charge in [-0.05, 0) is 24.5 Å². The van der Waals surface area contributed by atoms with Crippen molar-refractivity contribution in [1.29, 1.82) is 0 Å². The van der Waals surface area contributed by atoms with E-state index in [0.717, 1.165) is 13.0 Å². The lowest BCUT2D eigenvalue weighted by Crippen LogP contribution is -2.25. The second kappa shape index (κ2) is 5.32. The maximum absolute atomic E-state index is 5.64. The molecule has 20 heavy (non-hydrogen) atoms. The van der Waals surface area contributed by atoms with Gasteiger partial charge in [0.25, 0.3) is 0 Å². The van der Waals surface area contributed by atoms with Gasteiger partial charge in [-0.1, -0.05) is 24.3 Å². The molecule has 0 saturated heterocycles. The summed E-state index contributed by atoms with van der Waals surface area (Å²) >= 11 is 0. The molecule has 104 valence electrons. The van der Waals surface area contributed by atoms with Gasteiger partial charge < -0.3 is 15.8 Å². The van der Waals surface area contributed by atoms with Crippen molar-refractivity contribution in [3.05, 3.63) is 35.4 Å². The maximum Gasteiger partial charge on any atom is 0.323 e. The smallest absolute Gasteiger partial charge is 0.323 e. The number of ether oxygens (including phenoxy) is 1. The Labute approximate surface area is 117 Å². The van der Waals surface area contributed by atoms with Gasteiger partial charge in [0.15, 0.2) is 0 Å². The quantitative estimate of drug-likeness (QED) is 0.859. The molecule has 1 atom stereocenters. The monoisotopic (exact) mass is 271 g/mol. The highest BCUT2D eigenvalue weighted by Crippen LogP contribution is 2.34. The Morgan fingerprint density at radius 2 is 2.15 bits per heavy atom. The number of fused-ring (bicyclic) bond motifs is 1. The first-order valence-electron chi connectivity index (χ1n) is 6.72. The van der Waals surface area contributed by atoms with Crippen LogP contribution in [0.5, 0.6) is 6.01 Å². The number of nitrogen functional groups attached to an aromatic ring is 1. The molecule has 1 aromatic carbocycles. The van der Waals surface area contributed by atoms with Crippen molar-refractivity contribution in [2.75, 3.05) is 24.2 Å². The van der Waals surface area contributed by atoms with E-state index in [4.69, 9.17) is 10.5 Å². The zero-order valence-electron chi connectivity index (χ0n) is 11.3. The number of nitrogens with one attached hydrogen (secondary N) is 1. The van der Waals surface area contributed by atoms with Gasteiger partial charge in [-0.3, -0.25) is 0 Å². The third kappa shape index (κ3) is 2.49. The number of benzene rings is 1. The van der Waals surface area contributed by atoms with E-state index in [1.807, 2.05) is 6.92 Å². The Morgan fingerprint density at radius 1 is 1.30 bits per heavy atom. The second-order valence-corrected chi connectivity index (χ2v) is 4.71. The maximum atomic E-state index is 5.64. The van der Waals surface area contributed by atoms with Crippen molar-refractivity contribution in [2.24, 2.45) is 0 Å². The summed E-state index contributed by atoms with van der Waals surface area (Å²) in [6, 6.07) is 8.73. The Kier molecular flexibility index (Phi) is 3.37. The number of nitrogens with two attached hydrogens (primary N) is 1.